The van der Waals surface area contributed by atoms with E-state index in [1.54, 1.807) is 0 Å². The normalized spacial score (nSPS) is 16.2. The number of hydrogen-bond donors (Lipinski definition) is 1. The molecule has 96 valence electrons. The van der Waals surface area contributed by atoms with Crippen LogP contribution in [0, 0.1) is 17.2 Å². The van der Waals surface area contributed by atoms with Gasteiger partial charge in [0.05, 0.1) is 5.56 Å². The molecule has 1 fully saturated rings. The van der Waals surface area contributed by atoms with Gasteiger partial charge in [-0.2, -0.15) is 5.26 Å². The molecule has 0 saturated heterocycles. The van der Waals surface area contributed by atoms with Crippen molar-refractivity contribution in [3.63, 3.8) is 0 Å². The van der Waals surface area contributed by atoms with Gasteiger partial charge in [-0.15, -0.1) is 0 Å². The summed E-state index contributed by atoms with van der Waals surface area (Å²) in [6.07, 6.45) is 6.79. The molecule has 1 saturated carbocycles. The van der Waals surface area contributed by atoms with E-state index in [2.05, 4.69) is 18.0 Å². The zero-order valence-electron chi connectivity index (χ0n) is 11.0. The van der Waals surface area contributed by atoms with Crippen LogP contribution in [0.15, 0.2) is 18.2 Å². The van der Waals surface area contributed by atoms with Gasteiger partial charge in [-0.05, 0) is 37.0 Å². The van der Waals surface area contributed by atoms with Crippen molar-refractivity contribution in [3.05, 3.63) is 23.8 Å². The molecule has 3 nitrogen and oxygen atoms in total. The molecular formula is C15H21N3. The molecule has 0 aromatic heterocycles. The van der Waals surface area contributed by atoms with Gasteiger partial charge in [0.2, 0.25) is 0 Å². The largest absolute Gasteiger partial charge is 0.398 e. The molecule has 1 aliphatic carbocycles. The molecule has 18 heavy (non-hydrogen) atoms. The summed E-state index contributed by atoms with van der Waals surface area (Å²) in [5.74, 6) is 0.798. The summed E-state index contributed by atoms with van der Waals surface area (Å²) < 4.78 is 0. The Morgan fingerprint density at radius 2 is 2.06 bits per heavy atom. The Kier molecular flexibility index (Phi) is 4.09. The Balaban J connectivity index is 2.04. The van der Waals surface area contributed by atoms with E-state index in [1.165, 1.54) is 32.1 Å². The first-order chi connectivity index (χ1) is 8.70. The van der Waals surface area contributed by atoms with Gasteiger partial charge in [-0.25, -0.2) is 0 Å². The maximum absolute atomic E-state index is 9.00. The highest BCUT2D eigenvalue weighted by atomic mass is 15.1. The van der Waals surface area contributed by atoms with Crippen molar-refractivity contribution >= 4 is 11.4 Å². The van der Waals surface area contributed by atoms with E-state index in [-0.39, 0.29) is 0 Å². The minimum absolute atomic E-state index is 0.562. The number of benzene rings is 1. The van der Waals surface area contributed by atoms with Crippen molar-refractivity contribution in [2.75, 3.05) is 24.2 Å². The third kappa shape index (κ3) is 2.95. The molecule has 0 spiro atoms. The number of nitrogens with zero attached hydrogens (tertiary/aromatic N) is 2. The lowest BCUT2D eigenvalue weighted by atomic mass is 9.89. The molecule has 1 aliphatic rings. The standard InChI is InChI=1S/C15H21N3/c1-18(11-12-5-3-2-4-6-12)14-7-8-15(17)13(9-14)10-16/h7-9,12H,2-6,11,17H2,1H3. The van der Waals surface area contributed by atoms with Gasteiger partial charge in [-0.3, -0.25) is 0 Å². The Morgan fingerprint density at radius 3 is 2.72 bits per heavy atom. The molecule has 0 radical (unpaired) electrons. The van der Waals surface area contributed by atoms with Crippen LogP contribution in [-0.2, 0) is 0 Å². The molecule has 2 N–H and O–H groups in total. The summed E-state index contributed by atoms with van der Waals surface area (Å²) in [4.78, 5) is 2.25. The first-order valence-corrected chi connectivity index (χ1v) is 6.71. The first-order valence-electron chi connectivity index (χ1n) is 6.71. The molecule has 0 heterocycles. The van der Waals surface area contributed by atoms with Crippen molar-refractivity contribution < 1.29 is 0 Å². The van der Waals surface area contributed by atoms with E-state index in [4.69, 9.17) is 11.0 Å². The maximum atomic E-state index is 9.00. The second-order valence-electron chi connectivity index (χ2n) is 5.27. The van der Waals surface area contributed by atoms with Gasteiger partial charge >= 0.3 is 0 Å². The van der Waals surface area contributed by atoms with Crippen LogP contribution in [0.2, 0.25) is 0 Å². The van der Waals surface area contributed by atoms with Gasteiger partial charge in [-0.1, -0.05) is 19.3 Å². The zero-order chi connectivity index (χ0) is 13.0. The summed E-state index contributed by atoms with van der Waals surface area (Å²) >= 11 is 0. The molecular weight excluding hydrogens is 222 g/mol. The minimum atomic E-state index is 0.562. The maximum Gasteiger partial charge on any atom is 0.101 e. The summed E-state index contributed by atoms with van der Waals surface area (Å²) in [7, 11) is 2.10. The van der Waals surface area contributed by atoms with Crippen molar-refractivity contribution in [3.8, 4) is 6.07 Å². The van der Waals surface area contributed by atoms with Crippen LogP contribution < -0.4 is 10.6 Å². The average Bonchev–Trinajstić information content (AvgIpc) is 2.40. The van der Waals surface area contributed by atoms with Crippen molar-refractivity contribution in [2.45, 2.75) is 32.1 Å². The SMILES string of the molecule is CN(CC1CCCCC1)c1ccc(N)c(C#N)c1. The van der Waals surface area contributed by atoms with Gasteiger partial charge in [0.25, 0.3) is 0 Å². The monoisotopic (exact) mass is 243 g/mol. The Labute approximate surface area is 109 Å². The molecule has 0 bridgehead atoms. The fraction of sp³-hybridized carbons (Fsp3) is 0.533. The van der Waals surface area contributed by atoms with Crippen LogP contribution >= 0.6 is 0 Å². The highest BCUT2D eigenvalue weighted by molar-refractivity contribution is 5.62. The van der Waals surface area contributed by atoms with E-state index in [0.717, 1.165) is 18.2 Å². The topological polar surface area (TPSA) is 53.0 Å². The Morgan fingerprint density at radius 1 is 1.33 bits per heavy atom. The molecule has 0 atom stereocenters. The highest BCUT2D eigenvalue weighted by Gasteiger charge is 2.16. The fourth-order valence-corrected chi connectivity index (χ4v) is 2.74. The average molecular weight is 243 g/mol. The minimum Gasteiger partial charge on any atom is -0.398 e. The fourth-order valence-electron chi connectivity index (χ4n) is 2.74. The number of nitrogen functional groups attached to an aromatic ring is 1. The second kappa shape index (κ2) is 5.77. The predicted molar refractivity (Wildman–Crippen MR) is 75.4 cm³/mol. The van der Waals surface area contributed by atoms with E-state index < -0.39 is 0 Å². The van der Waals surface area contributed by atoms with E-state index in [9.17, 15) is 0 Å². The smallest absolute Gasteiger partial charge is 0.101 e. The second-order valence-corrected chi connectivity index (χ2v) is 5.27. The molecule has 0 unspecified atom stereocenters. The molecule has 3 heteroatoms. The number of rotatable bonds is 3. The van der Waals surface area contributed by atoms with Crippen LogP contribution in [0.1, 0.15) is 37.7 Å². The molecule has 0 aliphatic heterocycles. The lowest BCUT2D eigenvalue weighted by molar-refractivity contribution is 0.362. The lowest BCUT2D eigenvalue weighted by Crippen LogP contribution is -2.26. The van der Waals surface area contributed by atoms with E-state index in [0.29, 0.717) is 11.3 Å². The van der Waals surface area contributed by atoms with Crippen LogP contribution in [0.4, 0.5) is 11.4 Å². The Bertz CT molecular complexity index is 442. The molecule has 1 aromatic rings. The number of hydrogen-bond acceptors (Lipinski definition) is 3. The van der Waals surface area contributed by atoms with Crippen LogP contribution in [0.3, 0.4) is 0 Å². The lowest BCUT2D eigenvalue weighted by Gasteiger charge is -2.28. The van der Waals surface area contributed by atoms with Gasteiger partial charge in [0, 0.05) is 25.0 Å². The van der Waals surface area contributed by atoms with Gasteiger partial charge < -0.3 is 10.6 Å². The number of nitriles is 1. The predicted octanol–water partition coefficient (Wildman–Crippen LogP) is 3.16. The first kappa shape index (κ1) is 12.8. The summed E-state index contributed by atoms with van der Waals surface area (Å²) in [5, 5.41) is 9.00. The van der Waals surface area contributed by atoms with Crippen molar-refractivity contribution in [2.24, 2.45) is 5.92 Å². The van der Waals surface area contributed by atoms with Gasteiger partial charge in [0.1, 0.15) is 6.07 Å². The molecule has 2 rings (SSSR count). The van der Waals surface area contributed by atoms with Crippen LogP contribution in [-0.4, -0.2) is 13.6 Å². The number of anilines is 2. The third-order valence-corrected chi connectivity index (χ3v) is 3.85. The van der Waals surface area contributed by atoms with E-state index in [1.807, 2.05) is 18.2 Å². The highest BCUT2D eigenvalue weighted by Crippen LogP contribution is 2.26. The third-order valence-electron chi connectivity index (χ3n) is 3.85. The molecule has 1 aromatic carbocycles. The van der Waals surface area contributed by atoms with Crippen molar-refractivity contribution in [1.82, 2.24) is 0 Å². The summed E-state index contributed by atoms with van der Waals surface area (Å²) in [5.41, 5.74) is 7.97. The zero-order valence-corrected chi connectivity index (χ0v) is 11.0. The van der Waals surface area contributed by atoms with E-state index >= 15 is 0 Å². The van der Waals surface area contributed by atoms with Crippen molar-refractivity contribution in [1.29, 1.82) is 5.26 Å². The quantitative estimate of drug-likeness (QED) is 0.830. The Hall–Kier alpha value is -1.69. The summed E-state index contributed by atoms with van der Waals surface area (Å²) in [6.45, 7) is 1.08. The van der Waals surface area contributed by atoms with Gasteiger partial charge in [0.15, 0.2) is 0 Å². The molecule has 0 amide bonds. The van der Waals surface area contributed by atoms with Crippen LogP contribution in [0.5, 0.6) is 0 Å². The van der Waals surface area contributed by atoms with Crippen LogP contribution in [0.25, 0.3) is 0 Å². The number of nitrogens with two attached hydrogens (primary N) is 1. The summed E-state index contributed by atoms with van der Waals surface area (Å²) in [6, 6.07) is 7.85.